The number of aromatic nitrogens is 1. The number of carbonyl (C=O) groups excluding carboxylic acids is 3. The molecule has 1 aromatic heterocycles. The number of hydrogen-bond donors (Lipinski definition) is 1. The first kappa shape index (κ1) is 12.2. The fourth-order valence-electron chi connectivity index (χ4n) is 2.21. The number of carbonyl (C=O) groups is 3. The van der Waals surface area contributed by atoms with Crippen molar-refractivity contribution in [1.82, 2.24) is 14.8 Å². The van der Waals surface area contributed by atoms with Crippen molar-refractivity contribution < 1.29 is 14.4 Å². The Bertz CT molecular complexity index is 561. The highest BCUT2D eigenvalue weighted by Crippen LogP contribution is 2.37. The van der Waals surface area contributed by atoms with Gasteiger partial charge in [-0.15, -0.1) is 0 Å². The van der Waals surface area contributed by atoms with Crippen LogP contribution in [0.5, 0.6) is 0 Å². The standard InChI is InChI=1S/C12H12ClN3O3/c13-7-3-9(16(4-7)8-1-2-8)12(19)15-5-10(17)14-11(18)6-15/h3-4,8H,1-2,5-6H2,(H,14,17,18). The van der Waals surface area contributed by atoms with Crippen LogP contribution >= 0.6 is 11.6 Å². The van der Waals surface area contributed by atoms with Gasteiger partial charge in [-0.05, 0) is 18.9 Å². The van der Waals surface area contributed by atoms with Gasteiger partial charge in [0.2, 0.25) is 11.8 Å². The summed E-state index contributed by atoms with van der Waals surface area (Å²) < 4.78 is 1.83. The van der Waals surface area contributed by atoms with E-state index in [2.05, 4.69) is 5.32 Å². The maximum absolute atomic E-state index is 12.4. The van der Waals surface area contributed by atoms with Crippen LogP contribution in [0.3, 0.4) is 0 Å². The van der Waals surface area contributed by atoms with E-state index in [1.54, 1.807) is 12.3 Å². The average molecular weight is 282 g/mol. The Hall–Kier alpha value is -1.82. The lowest BCUT2D eigenvalue weighted by Crippen LogP contribution is -2.53. The van der Waals surface area contributed by atoms with E-state index >= 15 is 0 Å². The zero-order valence-electron chi connectivity index (χ0n) is 10.1. The van der Waals surface area contributed by atoms with Gasteiger partial charge in [0.25, 0.3) is 5.91 Å². The van der Waals surface area contributed by atoms with Crippen LogP contribution in [-0.4, -0.2) is 40.3 Å². The fraction of sp³-hybridized carbons (Fsp3) is 0.417. The number of hydrogen-bond acceptors (Lipinski definition) is 3. The van der Waals surface area contributed by atoms with Gasteiger partial charge in [0.15, 0.2) is 0 Å². The van der Waals surface area contributed by atoms with E-state index in [-0.39, 0.29) is 19.0 Å². The number of rotatable bonds is 2. The average Bonchev–Trinajstić information content (AvgIpc) is 3.10. The maximum Gasteiger partial charge on any atom is 0.271 e. The molecule has 2 fully saturated rings. The molecule has 100 valence electrons. The minimum absolute atomic E-state index is 0.0992. The lowest BCUT2D eigenvalue weighted by Gasteiger charge is -2.25. The predicted molar refractivity (Wildman–Crippen MR) is 66.8 cm³/mol. The number of amides is 3. The molecule has 1 saturated heterocycles. The van der Waals surface area contributed by atoms with Crippen LogP contribution in [-0.2, 0) is 9.59 Å². The molecule has 6 nitrogen and oxygen atoms in total. The lowest BCUT2D eigenvalue weighted by molar-refractivity contribution is -0.135. The van der Waals surface area contributed by atoms with Gasteiger partial charge in [-0.25, -0.2) is 0 Å². The summed E-state index contributed by atoms with van der Waals surface area (Å²) in [6, 6.07) is 1.89. The molecule has 2 aliphatic rings. The number of imide groups is 1. The third-order valence-corrected chi connectivity index (χ3v) is 3.42. The molecule has 0 bridgehead atoms. The molecule has 7 heteroatoms. The maximum atomic E-state index is 12.4. The molecule has 1 aromatic rings. The highest BCUT2D eigenvalue weighted by atomic mass is 35.5. The first-order valence-electron chi connectivity index (χ1n) is 6.04. The fourth-order valence-corrected chi connectivity index (χ4v) is 2.42. The van der Waals surface area contributed by atoms with E-state index in [4.69, 9.17) is 11.6 Å². The van der Waals surface area contributed by atoms with E-state index < -0.39 is 11.8 Å². The molecule has 1 N–H and O–H groups in total. The summed E-state index contributed by atoms with van der Waals surface area (Å²) in [5.74, 6) is -1.25. The second kappa shape index (κ2) is 4.38. The van der Waals surface area contributed by atoms with Crippen molar-refractivity contribution in [3.63, 3.8) is 0 Å². The second-order valence-electron chi connectivity index (χ2n) is 4.81. The van der Waals surface area contributed by atoms with Crippen LogP contribution in [0.4, 0.5) is 0 Å². The Morgan fingerprint density at radius 3 is 2.47 bits per heavy atom. The number of piperazine rings is 1. The summed E-state index contributed by atoms with van der Waals surface area (Å²) in [7, 11) is 0. The van der Waals surface area contributed by atoms with Gasteiger partial charge >= 0.3 is 0 Å². The molecule has 0 spiro atoms. The SMILES string of the molecule is O=C1CN(C(=O)c2cc(Cl)cn2C2CC2)CC(=O)N1. The molecule has 3 rings (SSSR count). The summed E-state index contributed by atoms with van der Waals surface area (Å²) in [5, 5.41) is 2.65. The lowest BCUT2D eigenvalue weighted by atomic mass is 10.3. The summed E-state index contributed by atoms with van der Waals surface area (Å²) in [6.07, 6.45) is 3.76. The molecule has 0 aromatic carbocycles. The molecule has 1 saturated carbocycles. The monoisotopic (exact) mass is 281 g/mol. The Labute approximate surface area is 114 Å². The minimum atomic E-state index is -0.458. The van der Waals surface area contributed by atoms with Gasteiger partial charge in [-0.1, -0.05) is 11.6 Å². The van der Waals surface area contributed by atoms with E-state index in [9.17, 15) is 14.4 Å². The summed E-state index contributed by atoms with van der Waals surface area (Å²) in [6.45, 7) is -0.198. The van der Waals surface area contributed by atoms with Gasteiger partial charge in [-0.3, -0.25) is 19.7 Å². The molecule has 19 heavy (non-hydrogen) atoms. The predicted octanol–water partition coefficient (Wildman–Crippen LogP) is 0.575. The van der Waals surface area contributed by atoms with Crippen LogP contribution in [0.25, 0.3) is 0 Å². The molecule has 0 unspecified atom stereocenters. The van der Waals surface area contributed by atoms with Crippen LogP contribution in [0.1, 0.15) is 29.4 Å². The van der Waals surface area contributed by atoms with Crippen molar-refractivity contribution in [3.05, 3.63) is 23.0 Å². The van der Waals surface area contributed by atoms with Crippen molar-refractivity contribution in [2.75, 3.05) is 13.1 Å². The highest BCUT2D eigenvalue weighted by molar-refractivity contribution is 6.31. The smallest absolute Gasteiger partial charge is 0.271 e. The van der Waals surface area contributed by atoms with Crippen LogP contribution in [0.2, 0.25) is 5.02 Å². The third-order valence-electron chi connectivity index (χ3n) is 3.21. The summed E-state index contributed by atoms with van der Waals surface area (Å²) in [4.78, 5) is 36.2. The molecule has 3 amide bonds. The van der Waals surface area contributed by atoms with Crippen LogP contribution in [0, 0.1) is 0 Å². The Morgan fingerprint density at radius 2 is 1.89 bits per heavy atom. The van der Waals surface area contributed by atoms with Crippen LogP contribution in [0.15, 0.2) is 12.3 Å². The molecular weight excluding hydrogens is 270 g/mol. The van der Waals surface area contributed by atoms with Gasteiger partial charge in [-0.2, -0.15) is 0 Å². The molecule has 1 aliphatic heterocycles. The normalized spacial score (nSPS) is 19.5. The Morgan fingerprint density at radius 1 is 1.26 bits per heavy atom. The zero-order valence-corrected chi connectivity index (χ0v) is 10.8. The molecule has 1 aliphatic carbocycles. The first-order valence-corrected chi connectivity index (χ1v) is 6.42. The zero-order chi connectivity index (χ0) is 13.6. The second-order valence-corrected chi connectivity index (χ2v) is 5.25. The third kappa shape index (κ3) is 2.35. The molecular formula is C12H12ClN3O3. The number of halogens is 1. The van der Waals surface area contributed by atoms with Gasteiger partial charge in [0.1, 0.15) is 18.8 Å². The Kier molecular flexibility index (Phi) is 2.82. The number of nitrogens with zero attached hydrogens (tertiary/aromatic N) is 2. The van der Waals surface area contributed by atoms with Gasteiger partial charge in [0.05, 0.1) is 5.02 Å². The first-order chi connectivity index (χ1) is 9.04. The number of nitrogens with one attached hydrogen (secondary N) is 1. The van der Waals surface area contributed by atoms with Gasteiger partial charge < -0.3 is 9.47 Å². The minimum Gasteiger partial charge on any atom is -0.339 e. The summed E-state index contributed by atoms with van der Waals surface area (Å²) >= 11 is 5.94. The van der Waals surface area contributed by atoms with E-state index in [0.29, 0.717) is 16.8 Å². The quantitative estimate of drug-likeness (QED) is 0.806. The van der Waals surface area contributed by atoms with E-state index in [1.807, 2.05) is 4.57 Å². The van der Waals surface area contributed by atoms with Crippen molar-refractivity contribution in [1.29, 1.82) is 0 Å². The largest absolute Gasteiger partial charge is 0.339 e. The van der Waals surface area contributed by atoms with Crippen LogP contribution < -0.4 is 5.32 Å². The topological polar surface area (TPSA) is 71.4 Å². The van der Waals surface area contributed by atoms with Crippen molar-refractivity contribution >= 4 is 29.3 Å². The van der Waals surface area contributed by atoms with Gasteiger partial charge in [0, 0.05) is 12.2 Å². The van der Waals surface area contributed by atoms with Crippen molar-refractivity contribution in [2.45, 2.75) is 18.9 Å². The molecule has 0 radical (unpaired) electrons. The van der Waals surface area contributed by atoms with E-state index in [0.717, 1.165) is 12.8 Å². The summed E-state index contributed by atoms with van der Waals surface area (Å²) in [5.41, 5.74) is 0.440. The highest BCUT2D eigenvalue weighted by Gasteiger charge is 2.32. The molecule has 2 heterocycles. The van der Waals surface area contributed by atoms with E-state index in [1.165, 1.54) is 4.90 Å². The molecule has 0 atom stereocenters. The van der Waals surface area contributed by atoms with Crippen molar-refractivity contribution in [3.8, 4) is 0 Å². The van der Waals surface area contributed by atoms with Crippen molar-refractivity contribution in [2.24, 2.45) is 0 Å². The Balaban J connectivity index is 1.87.